The predicted octanol–water partition coefficient (Wildman–Crippen LogP) is 1.17. The van der Waals surface area contributed by atoms with E-state index in [1.54, 1.807) is 0 Å². The Morgan fingerprint density at radius 3 is 3.00 bits per heavy atom. The van der Waals surface area contributed by atoms with Crippen LogP contribution in [0.25, 0.3) is 0 Å². The van der Waals surface area contributed by atoms with E-state index in [0.29, 0.717) is 12.5 Å². The summed E-state index contributed by atoms with van der Waals surface area (Å²) in [6, 6.07) is 0.370. The number of rotatable bonds is 6. The monoisotopic (exact) mass is 213 g/mol. The fraction of sp³-hybridized carbons (Fsp3) is 0.727. The first kappa shape index (κ1) is 12.2. The van der Waals surface area contributed by atoms with Gasteiger partial charge in [0.15, 0.2) is 6.10 Å². The lowest BCUT2D eigenvalue weighted by molar-refractivity contribution is -0.149. The molecule has 0 amide bonds. The normalized spacial score (nSPS) is 27.5. The molecule has 4 nitrogen and oxygen atoms in total. The molecule has 1 saturated heterocycles. The van der Waals surface area contributed by atoms with Crippen LogP contribution >= 0.6 is 0 Å². The molecule has 4 heteroatoms. The van der Waals surface area contributed by atoms with Crippen LogP contribution in [0.4, 0.5) is 0 Å². The van der Waals surface area contributed by atoms with Crippen LogP contribution in [0.2, 0.25) is 0 Å². The Kier molecular flexibility index (Phi) is 4.78. The van der Waals surface area contributed by atoms with E-state index in [1.807, 2.05) is 6.08 Å². The molecular formula is C11H19NO3. The summed E-state index contributed by atoms with van der Waals surface area (Å²) in [4.78, 5) is 10.6. The molecule has 0 bridgehead atoms. The number of ether oxygens (including phenoxy) is 1. The summed E-state index contributed by atoms with van der Waals surface area (Å²) in [6.07, 6.45) is 3.66. The summed E-state index contributed by atoms with van der Waals surface area (Å²) < 4.78 is 5.36. The van der Waals surface area contributed by atoms with Crippen LogP contribution in [0.5, 0.6) is 0 Å². The number of carboxylic acid groups (broad SMARTS) is 1. The third-order valence-corrected chi connectivity index (χ3v) is 2.60. The molecule has 0 spiro atoms. The first-order valence-electron chi connectivity index (χ1n) is 5.36. The molecule has 0 aromatic rings. The van der Waals surface area contributed by atoms with Crippen molar-refractivity contribution in [1.82, 2.24) is 5.32 Å². The second kappa shape index (κ2) is 5.88. The van der Waals surface area contributed by atoms with Gasteiger partial charge < -0.3 is 15.2 Å². The van der Waals surface area contributed by atoms with Crippen molar-refractivity contribution in [2.75, 3.05) is 6.54 Å². The van der Waals surface area contributed by atoms with E-state index >= 15 is 0 Å². The fourth-order valence-electron chi connectivity index (χ4n) is 1.70. The third kappa shape index (κ3) is 4.01. The van der Waals surface area contributed by atoms with Crippen molar-refractivity contribution < 1.29 is 14.6 Å². The maximum absolute atomic E-state index is 10.6. The van der Waals surface area contributed by atoms with E-state index in [-0.39, 0.29) is 6.10 Å². The van der Waals surface area contributed by atoms with Crippen LogP contribution in [-0.2, 0) is 9.53 Å². The molecule has 0 radical (unpaired) electrons. The highest BCUT2D eigenvalue weighted by Gasteiger charge is 2.30. The molecule has 3 unspecified atom stereocenters. The summed E-state index contributed by atoms with van der Waals surface area (Å²) in [7, 11) is 0. The zero-order chi connectivity index (χ0) is 11.3. The van der Waals surface area contributed by atoms with E-state index in [9.17, 15) is 4.79 Å². The van der Waals surface area contributed by atoms with Crippen LogP contribution in [0.3, 0.4) is 0 Å². The highest BCUT2D eigenvalue weighted by Crippen LogP contribution is 2.19. The Hall–Kier alpha value is -0.870. The van der Waals surface area contributed by atoms with Crippen molar-refractivity contribution in [1.29, 1.82) is 0 Å². The van der Waals surface area contributed by atoms with E-state index in [0.717, 1.165) is 19.4 Å². The highest BCUT2D eigenvalue weighted by atomic mass is 16.5. The number of carboxylic acids is 1. The molecule has 1 aliphatic rings. The molecule has 15 heavy (non-hydrogen) atoms. The van der Waals surface area contributed by atoms with Gasteiger partial charge in [0, 0.05) is 12.6 Å². The van der Waals surface area contributed by atoms with Crippen molar-refractivity contribution >= 4 is 5.97 Å². The van der Waals surface area contributed by atoms with Crippen LogP contribution in [0.1, 0.15) is 26.2 Å². The number of carbonyl (C=O) groups is 1. The van der Waals surface area contributed by atoms with Gasteiger partial charge in [-0.3, -0.25) is 0 Å². The lowest BCUT2D eigenvalue weighted by Gasteiger charge is -2.16. The number of hydrogen-bond acceptors (Lipinski definition) is 3. The van der Waals surface area contributed by atoms with Crippen LogP contribution < -0.4 is 5.32 Å². The smallest absolute Gasteiger partial charge is 0.332 e. The Morgan fingerprint density at radius 1 is 1.73 bits per heavy atom. The van der Waals surface area contributed by atoms with E-state index < -0.39 is 12.1 Å². The lowest BCUT2D eigenvalue weighted by atomic mass is 10.2. The molecule has 0 saturated carbocycles. The van der Waals surface area contributed by atoms with E-state index in [1.165, 1.54) is 0 Å². The van der Waals surface area contributed by atoms with Gasteiger partial charge in [-0.05, 0) is 26.2 Å². The van der Waals surface area contributed by atoms with Crippen molar-refractivity contribution in [3.05, 3.63) is 12.7 Å². The predicted molar refractivity (Wildman–Crippen MR) is 57.8 cm³/mol. The largest absolute Gasteiger partial charge is 0.479 e. The van der Waals surface area contributed by atoms with Crippen molar-refractivity contribution in [2.45, 2.75) is 44.4 Å². The number of hydrogen-bond donors (Lipinski definition) is 2. The molecular weight excluding hydrogens is 194 g/mol. The number of aliphatic carboxylic acids is 1. The van der Waals surface area contributed by atoms with Crippen LogP contribution in [0, 0.1) is 0 Å². The zero-order valence-corrected chi connectivity index (χ0v) is 9.11. The van der Waals surface area contributed by atoms with Gasteiger partial charge in [0.25, 0.3) is 0 Å². The quantitative estimate of drug-likeness (QED) is 0.650. The van der Waals surface area contributed by atoms with Crippen LogP contribution in [-0.4, -0.2) is 35.9 Å². The summed E-state index contributed by atoms with van der Waals surface area (Å²) in [6.45, 7) is 6.46. The molecule has 1 aliphatic heterocycles. The Balaban J connectivity index is 2.18. The second-order valence-electron chi connectivity index (χ2n) is 4.00. The lowest BCUT2D eigenvalue weighted by Crippen LogP contribution is -2.34. The Bertz CT molecular complexity index is 230. The van der Waals surface area contributed by atoms with Gasteiger partial charge in [0.2, 0.25) is 0 Å². The van der Waals surface area contributed by atoms with Gasteiger partial charge in [-0.1, -0.05) is 6.08 Å². The van der Waals surface area contributed by atoms with Gasteiger partial charge in [-0.15, -0.1) is 6.58 Å². The molecule has 86 valence electrons. The second-order valence-corrected chi connectivity index (χ2v) is 4.00. The molecule has 1 fully saturated rings. The van der Waals surface area contributed by atoms with Gasteiger partial charge in [0.05, 0.1) is 6.10 Å². The molecule has 2 N–H and O–H groups in total. The molecule has 0 aliphatic carbocycles. The van der Waals surface area contributed by atoms with Crippen molar-refractivity contribution in [2.24, 2.45) is 0 Å². The minimum Gasteiger partial charge on any atom is -0.479 e. The Labute approximate surface area is 90.3 Å². The average Bonchev–Trinajstić information content (AvgIpc) is 2.63. The standard InChI is InChI=1S/C11H19NO3/c1-3-4-8(2)12-7-9-5-6-10(15-9)11(13)14/h3,8-10,12H,1,4-7H2,2H3,(H,13,14). The maximum atomic E-state index is 10.6. The molecule has 0 aromatic carbocycles. The minimum absolute atomic E-state index is 0.0402. The molecule has 0 aromatic heterocycles. The first-order chi connectivity index (χ1) is 7.13. The fourth-order valence-corrected chi connectivity index (χ4v) is 1.70. The molecule has 1 heterocycles. The minimum atomic E-state index is -0.850. The van der Waals surface area contributed by atoms with Gasteiger partial charge in [-0.2, -0.15) is 0 Å². The van der Waals surface area contributed by atoms with E-state index in [2.05, 4.69) is 18.8 Å². The third-order valence-electron chi connectivity index (χ3n) is 2.60. The zero-order valence-electron chi connectivity index (χ0n) is 9.11. The highest BCUT2D eigenvalue weighted by molar-refractivity contribution is 5.72. The summed E-state index contributed by atoms with van der Waals surface area (Å²) in [5.41, 5.74) is 0. The van der Waals surface area contributed by atoms with Gasteiger partial charge in [0.1, 0.15) is 0 Å². The van der Waals surface area contributed by atoms with Gasteiger partial charge >= 0.3 is 5.97 Å². The van der Waals surface area contributed by atoms with Gasteiger partial charge in [-0.25, -0.2) is 4.79 Å². The van der Waals surface area contributed by atoms with Crippen LogP contribution in [0.15, 0.2) is 12.7 Å². The summed E-state index contributed by atoms with van der Waals surface area (Å²) >= 11 is 0. The summed E-state index contributed by atoms with van der Waals surface area (Å²) in [5, 5.41) is 12.0. The molecule has 1 rings (SSSR count). The average molecular weight is 213 g/mol. The van der Waals surface area contributed by atoms with Crippen molar-refractivity contribution in [3.8, 4) is 0 Å². The van der Waals surface area contributed by atoms with E-state index in [4.69, 9.17) is 9.84 Å². The number of nitrogens with one attached hydrogen (secondary N) is 1. The Morgan fingerprint density at radius 2 is 2.47 bits per heavy atom. The SMILES string of the molecule is C=CCC(C)NCC1CCC(C(=O)O)O1. The first-order valence-corrected chi connectivity index (χ1v) is 5.36. The topological polar surface area (TPSA) is 58.6 Å². The molecule has 3 atom stereocenters. The maximum Gasteiger partial charge on any atom is 0.332 e. The van der Waals surface area contributed by atoms with Crippen molar-refractivity contribution in [3.63, 3.8) is 0 Å². The summed E-state index contributed by atoms with van der Waals surface area (Å²) in [5.74, 6) is -0.850.